The molecule has 2 aliphatic carbocycles. The molecule has 2 atom stereocenters. The molecule has 0 radical (unpaired) electrons. The second-order valence-corrected chi connectivity index (χ2v) is 6.46. The van der Waals surface area contributed by atoms with E-state index in [2.05, 4.69) is 30.3 Å². The van der Waals surface area contributed by atoms with Crippen LogP contribution in [0.5, 0.6) is 5.75 Å². The third kappa shape index (κ3) is 2.23. The minimum Gasteiger partial charge on any atom is -0.426 e. The highest BCUT2D eigenvalue weighted by atomic mass is 16.5. The lowest BCUT2D eigenvalue weighted by molar-refractivity contribution is -0.156. The molecule has 0 aliphatic heterocycles. The number of benzene rings is 2. The zero-order valence-corrected chi connectivity index (χ0v) is 12.5. The number of fused-ring (bicyclic) bond motifs is 2. The van der Waals surface area contributed by atoms with Gasteiger partial charge in [0, 0.05) is 0 Å². The average molecular weight is 292 g/mol. The number of para-hydroxylation sites is 1. The third-order valence-corrected chi connectivity index (χ3v) is 5.34. The third-order valence-electron chi connectivity index (χ3n) is 5.34. The summed E-state index contributed by atoms with van der Waals surface area (Å²) in [5.74, 6) is 2.17. The Morgan fingerprint density at radius 1 is 0.864 bits per heavy atom. The number of carbonyl (C=O) groups is 1. The van der Waals surface area contributed by atoms with Crippen LogP contribution in [-0.4, -0.2) is 5.97 Å². The molecule has 2 aromatic carbocycles. The van der Waals surface area contributed by atoms with Crippen molar-refractivity contribution in [3.63, 3.8) is 0 Å². The predicted molar refractivity (Wildman–Crippen MR) is 85.6 cm³/mol. The summed E-state index contributed by atoms with van der Waals surface area (Å²) in [5.41, 5.74) is 1.39. The summed E-state index contributed by atoms with van der Waals surface area (Å²) in [4.78, 5) is 12.6. The maximum absolute atomic E-state index is 12.6. The second-order valence-electron chi connectivity index (χ2n) is 6.46. The van der Waals surface area contributed by atoms with Gasteiger partial charge in [-0.3, -0.25) is 4.79 Å². The van der Waals surface area contributed by atoms with E-state index in [0.29, 0.717) is 23.5 Å². The monoisotopic (exact) mass is 292 g/mol. The summed E-state index contributed by atoms with van der Waals surface area (Å²) in [5, 5.41) is 0. The van der Waals surface area contributed by atoms with E-state index in [4.69, 9.17) is 4.74 Å². The topological polar surface area (TPSA) is 26.3 Å². The van der Waals surface area contributed by atoms with Gasteiger partial charge in [0.05, 0.1) is 5.92 Å². The molecule has 22 heavy (non-hydrogen) atoms. The fourth-order valence-corrected chi connectivity index (χ4v) is 4.44. The van der Waals surface area contributed by atoms with Crippen LogP contribution in [-0.2, 0) is 4.79 Å². The quantitative estimate of drug-likeness (QED) is 0.618. The van der Waals surface area contributed by atoms with Gasteiger partial charge in [-0.1, -0.05) is 55.0 Å². The first-order chi connectivity index (χ1) is 10.8. The second kappa shape index (κ2) is 5.60. The lowest BCUT2D eigenvalue weighted by Gasteiger charge is -2.55. The van der Waals surface area contributed by atoms with Crippen molar-refractivity contribution < 1.29 is 9.53 Å². The first kappa shape index (κ1) is 13.6. The molecule has 2 saturated carbocycles. The fraction of sp³-hybridized carbons (Fsp3) is 0.350. The van der Waals surface area contributed by atoms with E-state index < -0.39 is 0 Å². The van der Waals surface area contributed by atoms with Crippen LogP contribution in [0.4, 0.5) is 0 Å². The van der Waals surface area contributed by atoms with Crippen molar-refractivity contribution in [3.8, 4) is 5.75 Å². The number of rotatable bonds is 3. The Balaban J connectivity index is 1.51. The summed E-state index contributed by atoms with van der Waals surface area (Å²) in [7, 11) is 0. The Hall–Kier alpha value is -2.09. The van der Waals surface area contributed by atoms with E-state index >= 15 is 0 Å². The maximum atomic E-state index is 12.6. The summed E-state index contributed by atoms with van der Waals surface area (Å²) in [6.45, 7) is 0. The highest BCUT2D eigenvalue weighted by Gasteiger charge is 2.56. The van der Waals surface area contributed by atoms with Crippen molar-refractivity contribution in [1.82, 2.24) is 0 Å². The molecule has 0 amide bonds. The number of hydrogen-bond donors (Lipinski definition) is 0. The van der Waals surface area contributed by atoms with Crippen molar-refractivity contribution in [1.29, 1.82) is 0 Å². The molecule has 0 saturated heterocycles. The Kier molecular flexibility index (Phi) is 3.45. The molecule has 2 fully saturated rings. The van der Waals surface area contributed by atoms with Gasteiger partial charge in [0.2, 0.25) is 0 Å². The van der Waals surface area contributed by atoms with Crippen LogP contribution in [0.25, 0.3) is 0 Å². The normalized spacial score (nSPS) is 29.5. The minimum atomic E-state index is -0.0342. The molecule has 2 aliphatic rings. The van der Waals surface area contributed by atoms with E-state index in [1.165, 1.54) is 12.0 Å². The molecule has 2 unspecified atom stereocenters. The molecule has 2 nitrogen and oxygen atoms in total. The van der Waals surface area contributed by atoms with Crippen LogP contribution < -0.4 is 4.74 Å². The summed E-state index contributed by atoms with van der Waals surface area (Å²) >= 11 is 0. The highest BCUT2D eigenvalue weighted by Crippen LogP contribution is 2.60. The van der Waals surface area contributed by atoms with Gasteiger partial charge in [-0.05, 0) is 48.3 Å². The minimum absolute atomic E-state index is 0.0342. The van der Waals surface area contributed by atoms with E-state index in [1.807, 2.05) is 30.3 Å². The average Bonchev–Trinajstić information content (AvgIpc) is 2.57. The first-order valence-corrected chi connectivity index (χ1v) is 8.16. The number of hydrogen-bond acceptors (Lipinski definition) is 2. The van der Waals surface area contributed by atoms with Crippen LogP contribution >= 0.6 is 0 Å². The van der Waals surface area contributed by atoms with Gasteiger partial charge < -0.3 is 4.74 Å². The highest BCUT2D eigenvalue weighted by molar-refractivity contribution is 5.77. The molecular formula is C20H20O2. The summed E-state index contributed by atoms with van der Waals surface area (Å²) in [6.07, 6.45) is 3.53. The van der Waals surface area contributed by atoms with Crippen LogP contribution in [0, 0.1) is 17.8 Å². The number of carbonyl (C=O) groups excluding carboxylic acids is 1. The summed E-state index contributed by atoms with van der Waals surface area (Å²) < 4.78 is 5.60. The van der Waals surface area contributed by atoms with E-state index in [9.17, 15) is 4.79 Å². The zero-order chi connectivity index (χ0) is 14.9. The zero-order valence-electron chi connectivity index (χ0n) is 12.5. The van der Waals surface area contributed by atoms with E-state index in [1.54, 1.807) is 0 Å². The van der Waals surface area contributed by atoms with Gasteiger partial charge in [0.25, 0.3) is 0 Å². The molecular weight excluding hydrogens is 272 g/mol. The van der Waals surface area contributed by atoms with Gasteiger partial charge in [0.1, 0.15) is 5.75 Å². The molecule has 2 aromatic rings. The Morgan fingerprint density at radius 2 is 1.45 bits per heavy atom. The lowest BCUT2D eigenvalue weighted by Crippen LogP contribution is -2.53. The molecule has 0 aromatic heterocycles. The van der Waals surface area contributed by atoms with E-state index in [-0.39, 0.29) is 11.9 Å². The number of esters is 1. The predicted octanol–water partition coefficient (Wildman–Crippen LogP) is 4.42. The molecule has 2 heteroatoms. The first-order valence-electron chi connectivity index (χ1n) is 8.16. The Morgan fingerprint density at radius 3 is 2.09 bits per heavy atom. The van der Waals surface area contributed by atoms with Gasteiger partial charge in [0.15, 0.2) is 0 Å². The molecule has 4 rings (SSSR count). The SMILES string of the molecule is O=C(Oc1ccccc1)C1C2CCCC1C2c1ccccc1. The summed E-state index contributed by atoms with van der Waals surface area (Å²) in [6, 6.07) is 20.1. The van der Waals surface area contributed by atoms with Gasteiger partial charge in [-0.2, -0.15) is 0 Å². The maximum Gasteiger partial charge on any atom is 0.314 e. The van der Waals surface area contributed by atoms with Gasteiger partial charge >= 0.3 is 5.97 Å². The molecule has 0 heterocycles. The van der Waals surface area contributed by atoms with Crippen molar-refractivity contribution in [2.75, 3.05) is 0 Å². The van der Waals surface area contributed by atoms with Gasteiger partial charge in [-0.25, -0.2) is 0 Å². The molecule has 112 valence electrons. The molecule has 0 spiro atoms. The Labute approximate surface area is 131 Å². The van der Waals surface area contributed by atoms with Gasteiger partial charge in [-0.15, -0.1) is 0 Å². The molecule has 0 N–H and O–H groups in total. The van der Waals surface area contributed by atoms with E-state index in [0.717, 1.165) is 12.8 Å². The number of ether oxygens (including phenoxy) is 1. The molecule has 2 bridgehead atoms. The van der Waals surface area contributed by atoms with Crippen LogP contribution in [0.3, 0.4) is 0 Å². The van der Waals surface area contributed by atoms with Crippen molar-refractivity contribution in [3.05, 3.63) is 66.2 Å². The standard InChI is InChI=1S/C20H20O2/c21-20(22-15-10-5-2-6-11-15)19-16-12-7-13-17(19)18(16)14-8-3-1-4-9-14/h1-6,8-11,16-19H,7,12-13H2. The van der Waals surface area contributed by atoms with Crippen molar-refractivity contribution >= 4 is 5.97 Å². The lowest BCUT2D eigenvalue weighted by atomic mass is 9.48. The Bertz CT molecular complexity index is 638. The van der Waals surface area contributed by atoms with Crippen molar-refractivity contribution in [2.24, 2.45) is 17.8 Å². The fourth-order valence-electron chi connectivity index (χ4n) is 4.44. The van der Waals surface area contributed by atoms with Crippen LogP contribution in [0.15, 0.2) is 60.7 Å². The largest absolute Gasteiger partial charge is 0.426 e. The van der Waals surface area contributed by atoms with Crippen LogP contribution in [0.1, 0.15) is 30.7 Å². The smallest absolute Gasteiger partial charge is 0.314 e. The van der Waals surface area contributed by atoms with Crippen molar-refractivity contribution in [2.45, 2.75) is 25.2 Å². The van der Waals surface area contributed by atoms with Crippen LogP contribution in [0.2, 0.25) is 0 Å².